The normalized spacial score (nSPS) is 9.11. The van der Waals surface area contributed by atoms with Gasteiger partial charge in [-0.1, -0.05) is 19.3 Å². The standard InChI is InChI=1S/3C6H12O3.Bi/c3*7-5-3-1-2-4-6(8)9;/h3*7H,1-5H2,(H,8,9);/q;;;+3/p-3. The Bertz CT molecular complexity index is 300. The monoisotopic (exact) mass is 602 g/mol. The van der Waals surface area contributed by atoms with Crippen LogP contribution < -0.4 is 15.3 Å². The molecule has 0 heterocycles. The van der Waals surface area contributed by atoms with E-state index in [1.807, 2.05) is 0 Å². The maximum Gasteiger partial charge on any atom is 3.00 e. The fourth-order valence-electron chi connectivity index (χ4n) is 1.67. The van der Waals surface area contributed by atoms with Crippen molar-refractivity contribution < 1.29 is 45.0 Å². The Kier molecular flexibility index (Phi) is 38.2. The van der Waals surface area contributed by atoms with Gasteiger partial charge in [0.2, 0.25) is 0 Å². The molecule has 0 aliphatic rings. The first-order valence-corrected chi connectivity index (χ1v) is 9.23. The second kappa shape index (κ2) is 30.9. The van der Waals surface area contributed by atoms with Crippen LogP contribution in [0.15, 0.2) is 0 Å². The van der Waals surface area contributed by atoms with Crippen molar-refractivity contribution in [2.24, 2.45) is 0 Å². The number of aliphatic carboxylic acids is 3. The van der Waals surface area contributed by atoms with Gasteiger partial charge in [-0.15, -0.1) is 0 Å². The Hall–Kier alpha value is -0.827. The molecule has 0 unspecified atom stereocenters. The van der Waals surface area contributed by atoms with Crippen molar-refractivity contribution in [1.82, 2.24) is 0 Å². The molecular formula is C18H33BiO9. The fraction of sp³-hybridized carbons (Fsp3) is 0.833. The van der Waals surface area contributed by atoms with Crippen LogP contribution in [0, 0.1) is 0 Å². The zero-order chi connectivity index (χ0) is 21.3. The Morgan fingerprint density at radius 2 is 0.679 bits per heavy atom. The van der Waals surface area contributed by atoms with Gasteiger partial charge in [-0.3, -0.25) is 0 Å². The van der Waals surface area contributed by atoms with E-state index >= 15 is 0 Å². The maximum absolute atomic E-state index is 9.79. The number of hydrogen-bond acceptors (Lipinski definition) is 9. The average molecular weight is 602 g/mol. The van der Waals surface area contributed by atoms with Gasteiger partial charge in [-0.25, -0.2) is 0 Å². The Labute approximate surface area is 185 Å². The van der Waals surface area contributed by atoms with Crippen LogP contribution in [-0.2, 0) is 14.4 Å². The molecule has 3 N–H and O–H groups in total. The SMILES string of the molecule is O=C([O-])CCCCCO.O=C([O-])CCCCCO.O=C([O-])CCCCCO.[Bi+3]. The summed E-state index contributed by atoms with van der Waals surface area (Å²) >= 11 is 0. The summed E-state index contributed by atoms with van der Waals surface area (Å²) in [5.74, 6) is -3.02. The van der Waals surface area contributed by atoms with Crippen LogP contribution >= 0.6 is 0 Å². The summed E-state index contributed by atoms with van der Waals surface area (Å²) < 4.78 is 0. The summed E-state index contributed by atoms with van der Waals surface area (Å²) in [5, 5.41) is 54.2. The number of rotatable bonds is 15. The average Bonchev–Trinajstić information content (AvgIpc) is 2.60. The van der Waals surface area contributed by atoms with Gasteiger partial charge in [0.15, 0.2) is 0 Å². The first kappa shape index (κ1) is 34.7. The third-order valence-electron chi connectivity index (χ3n) is 3.12. The van der Waals surface area contributed by atoms with Crippen molar-refractivity contribution in [3.05, 3.63) is 0 Å². The van der Waals surface area contributed by atoms with Crippen LogP contribution in [-0.4, -0.2) is 79.3 Å². The molecule has 0 saturated carbocycles. The molecule has 0 fully saturated rings. The van der Waals surface area contributed by atoms with E-state index in [0.29, 0.717) is 38.5 Å². The van der Waals surface area contributed by atoms with Gasteiger partial charge < -0.3 is 45.0 Å². The van der Waals surface area contributed by atoms with Crippen molar-refractivity contribution >= 4 is 44.1 Å². The molecule has 0 atom stereocenters. The van der Waals surface area contributed by atoms with E-state index in [-0.39, 0.29) is 65.3 Å². The molecule has 9 nitrogen and oxygen atoms in total. The van der Waals surface area contributed by atoms with Crippen LogP contribution in [0.5, 0.6) is 0 Å². The fourth-order valence-corrected chi connectivity index (χ4v) is 1.67. The minimum absolute atomic E-state index is 0. The molecule has 0 amide bonds. The zero-order valence-corrected chi connectivity index (χ0v) is 19.8. The number of aliphatic hydroxyl groups excluding tert-OH is 3. The van der Waals surface area contributed by atoms with Gasteiger partial charge in [0.1, 0.15) is 0 Å². The molecule has 28 heavy (non-hydrogen) atoms. The van der Waals surface area contributed by atoms with E-state index in [2.05, 4.69) is 0 Å². The van der Waals surface area contributed by atoms with Crippen LogP contribution in [0.25, 0.3) is 0 Å². The predicted molar refractivity (Wildman–Crippen MR) is 97.4 cm³/mol. The molecular weight excluding hydrogens is 569 g/mol. The summed E-state index contributed by atoms with van der Waals surface area (Å²) in [4.78, 5) is 29.4. The van der Waals surface area contributed by atoms with Crippen molar-refractivity contribution in [1.29, 1.82) is 0 Å². The Morgan fingerprint density at radius 1 is 0.464 bits per heavy atom. The van der Waals surface area contributed by atoms with Crippen LogP contribution in [0.3, 0.4) is 0 Å². The predicted octanol–water partition coefficient (Wildman–Crippen LogP) is -2.51. The van der Waals surface area contributed by atoms with E-state index in [1.54, 1.807) is 0 Å². The summed E-state index contributed by atoms with van der Waals surface area (Å²) in [5.41, 5.74) is 0. The second-order valence-corrected chi connectivity index (χ2v) is 5.72. The van der Waals surface area contributed by atoms with Crippen molar-refractivity contribution in [2.45, 2.75) is 77.0 Å². The first-order valence-electron chi connectivity index (χ1n) is 9.23. The molecule has 0 bridgehead atoms. The van der Waals surface area contributed by atoms with E-state index in [1.165, 1.54) is 0 Å². The van der Waals surface area contributed by atoms with Gasteiger partial charge in [0.05, 0.1) is 0 Å². The quantitative estimate of drug-likeness (QED) is 0.135. The van der Waals surface area contributed by atoms with Crippen LogP contribution in [0.2, 0.25) is 0 Å². The molecule has 0 rings (SSSR count). The molecule has 0 aromatic heterocycles. The molecule has 0 saturated heterocycles. The molecule has 164 valence electrons. The number of carboxylic acid groups (broad SMARTS) is 3. The number of carbonyl (C=O) groups is 3. The summed E-state index contributed by atoms with van der Waals surface area (Å²) in [7, 11) is 0. The van der Waals surface area contributed by atoms with Crippen molar-refractivity contribution in [3.63, 3.8) is 0 Å². The maximum atomic E-state index is 9.79. The smallest absolute Gasteiger partial charge is 0.550 e. The van der Waals surface area contributed by atoms with Crippen LogP contribution in [0.4, 0.5) is 0 Å². The number of aliphatic hydroxyl groups is 3. The number of unbranched alkanes of at least 4 members (excludes halogenated alkanes) is 6. The van der Waals surface area contributed by atoms with Crippen molar-refractivity contribution in [3.8, 4) is 0 Å². The topological polar surface area (TPSA) is 181 Å². The zero-order valence-electron chi connectivity index (χ0n) is 16.3. The summed E-state index contributed by atoms with van der Waals surface area (Å²) in [6.07, 6.45) is 6.54. The van der Waals surface area contributed by atoms with Gasteiger partial charge in [-0.2, -0.15) is 0 Å². The number of carboxylic acids is 3. The van der Waals surface area contributed by atoms with E-state index in [0.717, 1.165) is 19.3 Å². The van der Waals surface area contributed by atoms with Gasteiger partial charge in [0, 0.05) is 37.7 Å². The molecule has 0 spiro atoms. The van der Waals surface area contributed by atoms with E-state index < -0.39 is 17.9 Å². The second-order valence-electron chi connectivity index (χ2n) is 5.72. The minimum Gasteiger partial charge on any atom is -0.550 e. The molecule has 10 heteroatoms. The summed E-state index contributed by atoms with van der Waals surface area (Å²) in [6.45, 7) is 0.438. The minimum atomic E-state index is -1.01. The molecule has 0 aromatic carbocycles. The third-order valence-corrected chi connectivity index (χ3v) is 3.12. The first-order chi connectivity index (χ1) is 12.8. The summed E-state index contributed by atoms with van der Waals surface area (Å²) in [6, 6.07) is 0. The van der Waals surface area contributed by atoms with Gasteiger partial charge in [-0.05, 0) is 57.8 Å². The Morgan fingerprint density at radius 3 is 0.821 bits per heavy atom. The molecule has 2 radical (unpaired) electrons. The van der Waals surface area contributed by atoms with E-state index in [9.17, 15) is 29.7 Å². The van der Waals surface area contributed by atoms with Crippen molar-refractivity contribution in [2.75, 3.05) is 19.8 Å². The van der Waals surface area contributed by atoms with Crippen LogP contribution in [0.1, 0.15) is 77.0 Å². The molecule has 0 aliphatic carbocycles. The Balaban J connectivity index is -0.000000152. The molecule has 0 aromatic rings. The number of carbonyl (C=O) groups excluding carboxylic acids is 3. The largest absolute Gasteiger partial charge is 3.00 e. The van der Waals surface area contributed by atoms with E-state index in [4.69, 9.17) is 15.3 Å². The van der Waals surface area contributed by atoms with Gasteiger partial charge in [0.25, 0.3) is 0 Å². The number of hydrogen-bond donors (Lipinski definition) is 3. The molecule has 0 aliphatic heterocycles. The third kappa shape index (κ3) is 49.9. The van der Waals surface area contributed by atoms with Gasteiger partial charge >= 0.3 is 26.2 Å².